The zero-order valence-corrected chi connectivity index (χ0v) is 16.5. The Morgan fingerprint density at radius 3 is 2.82 bits per heavy atom. The van der Waals surface area contributed by atoms with Crippen LogP contribution < -0.4 is 10.2 Å². The Hall–Kier alpha value is -2.99. The molecule has 148 valence electrons. The van der Waals surface area contributed by atoms with Gasteiger partial charge in [0.05, 0.1) is 30.1 Å². The van der Waals surface area contributed by atoms with Crippen LogP contribution in [-0.4, -0.2) is 42.9 Å². The molecule has 3 rings (SSSR count). The predicted octanol–water partition coefficient (Wildman–Crippen LogP) is 2.09. The lowest BCUT2D eigenvalue weighted by atomic mass is 9.77. The summed E-state index contributed by atoms with van der Waals surface area (Å²) in [7, 11) is 0. The number of anilines is 3. The van der Waals surface area contributed by atoms with Gasteiger partial charge in [-0.25, -0.2) is 4.98 Å². The van der Waals surface area contributed by atoms with Crippen LogP contribution in [0, 0.1) is 22.7 Å². The van der Waals surface area contributed by atoms with Crippen molar-refractivity contribution in [3.8, 4) is 6.07 Å². The number of hydrogen-bond donors (Lipinski definition) is 2. The monoisotopic (exact) mass is 383 g/mol. The maximum atomic E-state index is 12.9. The number of rotatable bonds is 6. The molecule has 0 saturated carbocycles. The summed E-state index contributed by atoms with van der Waals surface area (Å²) in [5, 5.41) is 26.7. The van der Waals surface area contributed by atoms with E-state index in [9.17, 15) is 15.2 Å². The van der Waals surface area contributed by atoms with Gasteiger partial charge in [0.25, 0.3) is 0 Å². The van der Waals surface area contributed by atoms with Crippen LogP contribution in [0.5, 0.6) is 0 Å². The zero-order valence-electron chi connectivity index (χ0n) is 16.5. The summed E-state index contributed by atoms with van der Waals surface area (Å²) in [4.78, 5) is 23.1. The van der Waals surface area contributed by atoms with Gasteiger partial charge in [-0.1, -0.05) is 13.8 Å². The van der Waals surface area contributed by atoms with E-state index < -0.39 is 11.0 Å². The number of aromatic nitrogens is 4. The molecule has 0 radical (unpaired) electrons. The van der Waals surface area contributed by atoms with Crippen molar-refractivity contribution < 1.29 is 9.90 Å². The van der Waals surface area contributed by atoms with Gasteiger partial charge in [-0.05, 0) is 32.3 Å². The van der Waals surface area contributed by atoms with E-state index in [0.717, 1.165) is 0 Å². The Kier molecular flexibility index (Phi) is 5.08. The molecular formula is C19H25N7O2. The minimum atomic E-state index is -1.00. The first-order chi connectivity index (χ1) is 13.1. The van der Waals surface area contributed by atoms with Gasteiger partial charge in [0.1, 0.15) is 11.2 Å². The Balaban J connectivity index is 1.77. The van der Waals surface area contributed by atoms with Gasteiger partial charge < -0.3 is 10.4 Å². The number of hydrogen-bond acceptors (Lipinski definition) is 7. The third kappa shape index (κ3) is 3.82. The standard InChI is InChI=1S/C19H25N7O2/c1-13(2)19(11-20)6-8-26(16(19)27)15-5-7-21-17(24-15)23-14-9-22-25(10-14)12-18(3,4)28/h5,7,9-10,13,28H,6,8,12H2,1-4H3,(H,21,23,24)/t19-/m1/s1. The molecular weight excluding hydrogens is 358 g/mol. The van der Waals surface area contributed by atoms with E-state index in [4.69, 9.17) is 0 Å². The number of nitrogens with zero attached hydrogens (tertiary/aromatic N) is 6. The van der Waals surface area contributed by atoms with Gasteiger partial charge in [-0.3, -0.25) is 14.4 Å². The molecule has 2 aromatic rings. The van der Waals surface area contributed by atoms with Crippen LogP contribution in [0.3, 0.4) is 0 Å². The van der Waals surface area contributed by atoms with Crippen molar-refractivity contribution in [2.75, 3.05) is 16.8 Å². The predicted molar refractivity (Wildman–Crippen MR) is 104 cm³/mol. The Morgan fingerprint density at radius 2 is 2.21 bits per heavy atom. The number of amides is 1. The van der Waals surface area contributed by atoms with E-state index in [1.165, 1.54) is 0 Å². The molecule has 2 aromatic heterocycles. The van der Waals surface area contributed by atoms with Crippen molar-refractivity contribution in [3.05, 3.63) is 24.7 Å². The number of carbonyl (C=O) groups excluding carboxylic acids is 1. The second kappa shape index (κ2) is 7.20. The summed E-state index contributed by atoms with van der Waals surface area (Å²) in [6, 6.07) is 3.88. The summed E-state index contributed by atoms with van der Waals surface area (Å²) in [5.41, 5.74) is -1.21. The normalized spacial score (nSPS) is 19.9. The fraction of sp³-hybridized carbons (Fsp3) is 0.526. The summed E-state index contributed by atoms with van der Waals surface area (Å²) in [6.07, 6.45) is 5.41. The van der Waals surface area contributed by atoms with Crippen LogP contribution >= 0.6 is 0 Å². The molecule has 9 heteroatoms. The third-order valence-electron chi connectivity index (χ3n) is 4.90. The first kappa shape index (κ1) is 19.8. The molecule has 0 spiro atoms. The lowest BCUT2D eigenvalue weighted by Gasteiger charge is -2.24. The number of nitriles is 1. The smallest absolute Gasteiger partial charge is 0.248 e. The fourth-order valence-corrected chi connectivity index (χ4v) is 3.32. The van der Waals surface area contributed by atoms with Gasteiger partial charge in [-0.2, -0.15) is 15.3 Å². The molecule has 2 N–H and O–H groups in total. The Labute approximate surface area is 164 Å². The maximum absolute atomic E-state index is 12.9. The summed E-state index contributed by atoms with van der Waals surface area (Å²) in [6.45, 7) is 8.00. The molecule has 9 nitrogen and oxygen atoms in total. The molecule has 1 atom stereocenters. The molecule has 3 heterocycles. The zero-order chi connectivity index (χ0) is 20.5. The number of nitrogens with one attached hydrogen (secondary N) is 1. The van der Waals surface area contributed by atoms with Crippen LogP contribution in [-0.2, 0) is 11.3 Å². The summed E-state index contributed by atoms with van der Waals surface area (Å²) >= 11 is 0. The van der Waals surface area contributed by atoms with Crippen molar-refractivity contribution in [1.29, 1.82) is 5.26 Å². The molecule has 0 bridgehead atoms. The molecule has 28 heavy (non-hydrogen) atoms. The highest BCUT2D eigenvalue weighted by atomic mass is 16.3. The van der Waals surface area contributed by atoms with Gasteiger partial charge in [0.15, 0.2) is 0 Å². The average molecular weight is 383 g/mol. The first-order valence-electron chi connectivity index (χ1n) is 9.23. The van der Waals surface area contributed by atoms with E-state index in [0.29, 0.717) is 37.0 Å². The van der Waals surface area contributed by atoms with Crippen molar-refractivity contribution in [3.63, 3.8) is 0 Å². The van der Waals surface area contributed by atoms with Crippen LogP contribution in [0.4, 0.5) is 17.5 Å². The topological polar surface area (TPSA) is 120 Å². The van der Waals surface area contributed by atoms with E-state index in [1.807, 2.05) is 13.8 Å². The molecule has 0 unspecified atom stereocenters. The quantitative estimate of drug-likeness (QED) is 0.783. The Bertz CT molecular complexity index is 909. The van der Waals surface area contributed by atoms with Crippen molar-refractivity contribution >= 4 is 23.4 Å². The third-order valence-corrected chi connectivity index (χ3v) is 4.90. The van der Waals surface area contributed by atoms with Crippen molar-refractivity contribution in [2.45, 2.75) is 46.3 Å². The molecule has 0 aromatic carbocycles. The van der Waals surface area contributed by atoms with Gasteiger partial charge in [0.2, 0.25) is 11.9 Å². The van der Waals surface area contributed by atoms with Crippen molar-refractivity contribution in [2.24, 2.45) is 11.3 Å². The van der Waals surface area contributed by atoms with Crippen molar-refractivity contribution in [1.82, 2.24) is 19.7 Å². The van der Waals surface area contributed by atoms with Gasteiger partial charge in [0, 0.05) is 18.9 Å². The summed E-state index contributed by atoms with van der Waals surface area (Å²) in [5.74, 6) is 0.500. The highest BCUT2D eigenvalue weighted by Crippen LogP contribution is 2.40. The first-order valence-corrected chi connectivity index (χ1v) is 9.23. The highest BCUT2D eigenvalue weighted by molar-refractivity contribution is 6.01. The molecule has 1 fully saturated rings. The lowest BCUT2D eigenvalue weighted by molar-refractivity contribution is -0.124. The van der Waals surface area contributed by atoms with Crippen LogP contribution in [0.2, 0.25) is 0 Å². The SMILES string of the molecule is CC(C)[C@]1(C#N)CCN(c2ccnc(Nc3cnn(CC(C)(C)O)c3)n2)C1=O. The number of aliphatic hydroxyl groups is 1. The van der Waals surface area contributed by atoms with Gasteiger partial charge >= 0.3 is 0 Å². The average Bonchev–Trinajstić information content (AvgIpc) is 3.18. The molecule has 0 aliphatic carbocycles. The van der Waals surface area contributed by atoms with Crippen LogP contribution in [0.25, 0.3) is 0 Å². The maximum Gasteiger partial charge on any atom is 0.248 e. The minimum Gasteiger partial charge on any atom is -0.389 e. The van der Waals surface area contributed by atoms with E-state index in [-0.39, 0.29) is 11.8 Å². The van der Waals surface area contributed by atoms with Gasteiger partial charge in [-0.15, -0.1) is 0 Å². The van der Waals surface area contributed by atoms with E-state index in [1.54, 1.807) is 48.1 Å². The molecule has 1 aliphatic heterocycles. The number of carbonyl (C=O) groups is 1. The molecule has 1 amide bonds. The minimum absolute atomic E-state index is 0.0731. The lowest BCUT2D eigenvalue weighted by Crippen LogP contribution is -2.37. The van der Waals surface area contributed by atoms with Crippen LogP contribution in [0.15, 0.2) is 24.7 Å². The van der Waals surface area contributed by atoms with E-state index in [2.05, 4.69) is 26.5 Å². The second-order valence-electron chi connectivity index (χ2n) is 8.05. The largest absolute Gasteiger partial charge is 0.389 e. The van der Waals surface area contributed by atoms with E-state index >= 15 is 0 Å². The highest BCUT2D eigenvalue weighted by Gasteiger charge is 2.50. The fourth-order valence-electron chi connectivity index (χ4n) is 3.32. The Morgan fingerprint density at radius 1 is 1.46 bits per heavy atom. The second-order valence-corrected chi connectivity index (χ2v) is 8.05. The summed E-state index contributed by atoms with van der Waals surface area (Å²) < 4.78 is 1.63. The van der Waals surface area contributed by atoms with Crippen LogP contribution in [0.1, 0.15) is 34.1 Å². The molecule has 1 aliphatic rings. The molecule has 1 saturated heterocycles.